The zero-order valence-electron chi connectivity index (χ0n) is 22.1. The number of amides is 3. The van der Waals surface area contributed by atoms with Crippen molar-refractivity contribution >= 4 is 58.4 Å². The molecule has 5 fully saturated rings. The molecule has 3 amide bonds. The van der Waals surface area contributed by atoms with E-state index in [2.05, 4.69) is 17.2 Å². The largest absolute Gasteiger partial charge is 0.397 e. The first-order valence-corrected chi connectivity index (χ1v) is 16.1. The molecule has 2 aromatic rings. The number of halogens is 1. The number of benzene rings is 1. The van der Waals surface area contributed by atoms with E-state index in [4.69, 9.17) is 16.3 Å². The Balaban J connectivity index is 1.02. The summed E-state index contributed by atoms with van der Waals surface area (Å²) in [5.41, 5.74) is 1.76. The second-order valence-electron chi connectivity index (χ2n) is 12.2. The number of hydrogen-bond donors (Lipinski definition) is 1. The maximum absolute atomic E-state index is 13.6. The zero-order chi connectivity index (χ0) is 27.8. The summed E-state index contributed by atoms with van der Waals surface area (Å²) in [6.07, 6.45) is 5.46. The Morgan fingerprint density at radius 2 is 2.00 bits per heavy atom. The van der Waals surface area contributed by atoms with Gasteiger partial charge in [0.1, 0.15) is 6.04 Å². The molecule has 1 aromatic carbocycles. The van der Waals surface area contributed by atoms with E-state index in [1.54, 1.807) is 22.7 Å². The highest BCUT2D eigenvalue weighted by Gasteiger charge is 2.65. The van der Waals surface area contributed by atoms with Crippen LogP contribution in [0.2, 0.25) is 0 Å². The molecular weight excluding hydrogens is 570 g/mol. The van der Waals surface area contributed by atoms with Crippen molar-refractivity contribution in [2.24, 2.45) is 23.2 Å². The van der Waals surface area contributed by atoms with Crippen LogP contribution in [-0.4, -0.2) is 44.5 Å². The Kier molecular flexibility index (Phi) is 6.33. The van der Waals surface area contributed by atoms with Gasteiger partial charge in [-0.1, -0.05) is 24.3 Å². The van der Waals surface area contributed by atoms with Crippen LogP contribution in [0.3, 0.4) is 0 Å². The summed E-state index contributed by atoms with van der Waals surface area (Å²) in [7, 11) is 0. The van der Waals surface area contributed by atoms with Gasteiger partial charge in [-0.15, -0.1) is 23.4 Å². The monoisotopic (exact) mass is 599 g/mol. The van der Waals surface area contributed by atoms with E-state index in [0.717, 1.165) is 41.8 Å². The highest BCUT2D eigenvalue weighted by atomic mass is 35.5. The minimum Gasteiger partial charge on any atom is -0.397 e. The van der Waals surface area contributed by atoms with Crippen molar-refractivity contribution in [1.29, 1.82) is 0 Å². The van der Waals surface area contributed by atoms with Gasteiger partial charge in [0.2, 0.25) is 11.8 Å². The van der Waals surface area contributed by atoms with Gasteiger partial charge in [-0.25, -0.2) is 4.98 Å². The maximum Gasteiger partial charge on any atom is 0.319 e. The Hall–Kier alpha value is -2.43. The van der Waals surface area contributed by atoms with E-state index in [9.17, 15) is 19.2 Å². The minimum absolute atomic E-state index is 0.0829. The molecule has 4 saturated carbocycles. The molecule has 0 radical (unpaired) electrons. The van der Waals surface area contributed by atoms with Gasteiger partial charge in [0.05, 0.1) is 11.1 Å². The van der Waals surface area contributed by atoms with E-state index in [1.807, 2.05) is 17.5 Å². The highest BCUT2D eigenvalue weighted by molar-refractivity contribution is 7.98. The highest BCUT2D eigenvalue weighted by Crippen LogP contribution is 2.66. The molecule has 1 saturated heterocycles. The van der Waals surface area contributed by atoms with E-state index in [1.165, 1.54) is 17.8 Å². The molecule has 4 unspecified atom stereocenters. The van der Waals surface area contributed by atoms with E-state index < -0.39 is 17.4 Å². The summed E-state index contributed by atoms with van der Waals surface area (Å²) in [5.74, 6) is 0.552. The van der Waals surface area contributed by atoms with Crippen LogP contribution in [0.1, 0.15) is 73.5 Å². The fourth-order valence-corrected chi connectivity index (χ4v) is 10.5. The van der Waals surface area contributed by atoms with Crippen molar-refractivity contribution in [3.8, 4) is 5.19 Å². The molecule has 4 aliphatic carbocycles. The third-order valence-electron chi connectivity index (χ3n) is 9.87. The number of piperidine rings is 1. The SMILES string of the molecule is CC1C2(Cl)CC3CC(C2)CC1(C(=O)Oc1nc(CSc2cccc4c2CN(C2CCC(=O)NC2=O)C4=O)cs1)C3. The topological polar surface area (TPSA) is 106 Å². The average Bonchev–Trinajstić information content (AvgIpc) is 3.49. The molecule has 11 heteroatoms. The molecule has 8 rings (SSSR count). The molecule has 2 aliphatic heterocycles. The first-order chi connectivity index (χ1) is 19.1. The molecular formula is C29H30ClN3O5S2. The van der Waals surface area contributed by atoms with Crippen LogP contribution < -0.4 is 10.1 Å². The quantitative estimate of drug-likeness (QED) is 0.217. The predicted molar refractivity (Wildman–Crippen MR) is 150 cm³/mol. The number of carbonyl (C=O) groups is 4. The molecule has 210 valence electrons. The van der Waals surface area contributed by atoms with Crippen molar-refractivity contribution in [2.75, 3.05) is 0 Å². The number of ether oxygens (including phenoxy) is 1. The van der Waals surface area contributed by atoms with Crippen LogP contribution in [0.15, 0.2) is 28.5 Å². The molecule has 8 nitrogen and oxygen atoms in total. The Morgan fingerprint density at radius 3 is 2.75 bits per heavy atom. The van der Waals surface area contributed by atoms with Crippen LogP contribution in [0.4, 0.5) is 0 Å². The number of carbonyl (C=O) groups excluding carboxylic acids is 4. The zero-order valence-corrected chi connectivity index (χ0v) is 24.5. The number of alkyl halides is 1. The number of nitrogens with one attached hydrogen (secondary N) is 1. The van der Waals surface area contributed by atoms with Gasteiger partial charge in [0.15, 0.2) is 0 Å². The second kappa shape index (κ2) is 9.56. The van der Waals surface area contributed by atoms with Gasteiger partial charge < -0.3 is 9.64 Å². The second-order valence-corrected chi connectivity index (χ2v) is 14.8. The summed E-state index contributed by atoms with van der Waals surface area (Å²) < 4.78 is 5.92. The number of rotatable bonds is 6. The fourth-order valence-electron chi connectivity index (χ4n) is 8.08. The van der Waals surface area contributed by atoms with Crippen molar-refractivity contribution in [1.82, 2.24) is 15.2 Å². The fraction of sp³-hybridized carbons (Fsp3) is 0.552. The van der Waals surface area contributed by atoms with Gasteiger partial charge in [0, 0.05) is 39.4 Å². The van der Waals surface area contributed by atoms with Crippen LogP contribution in [0.5, 0.6) is 5.19 Å². The van der Waals surface area contributed by atoms with Gasteiger partial charge in [-0.2, -0.15) is 0 Å². The summed E-state index contributed by atoms with van der Waals surface area (Å²) in [6, 6.07) is 4.95. The normalized spacial score (nSPS) is 34.2. The smallest absolute Gasteiger partial charge is 0.319 e. The van der Waals surface area contributed by atoms with Crippen LogP contribution in [0.25, 0.3) is 0 Å². The van der Waals surface area contributed by atoms with Crippen molar-refractivity contribution in [3.05, 3.63) is 40.4 Å². The first-order valence-electron chi connectivity index (χ1n) is 13.9. The van der Waals surface area contributed by atoms with Crippen LogP contribution >= 0.6 is 34.7 Å². The standard InChI is InChI=1S/C29H30ClN3O5S2/c1-15-28(8-16-7-17(9-28)11-29(15,30)10-16)26(37)38-27-31-18(14-40-27)13-39-22-4-2-3-19-20(22)12-33(25(19)36)21-5-6-23(34)32-24(21)35/h2-4,14-17,21H,5-13H2,1H3,(H,32,34,35). The molecule has 6 aliphatic rings. The Labute approximate surface area is 245 Å². The number of esters is 1. The predicted octanol–water partition coefficient (Wildman–Crippen LogP) is 4.93. The van der Waals surface area contributed by atoms with E-state index in [-0.39, 0.29) is 35.0 Å². The van der Waals surface area contributed by atoms with E-state index in [0.29, 0.717) is 41.3 Å². The number of imide groups is 1. The van der Waals surface area contributed by atoms with Gasteiger partial charge in [-0.3, -0.25) is 24.5 Å². The van der Waals surface area contributed by atoms with Crippen molar-refractivity contribution < 1.29 is 23.9 Å². The average molecular weight is 600 g/mol. The number of thioether (sulfide) groups is 1. The molecule has 0 spiro atoms. The number of hydrogen-bond acceptors (Lipinski definition) is 8. The number of aromatic nitrogens is 1. The lowest BCUT2D eigenvalue weighted by Gasteiger charge is -2.62. The van der Waals surface area contributed by atoms with Gasteiger partial charge >= 0.3 is 5.97 Å². The summed E-state index contributed by atoms with van der Waals surface area (Å²) in [6.45, 7) is 2.45. The number of nitrogens with zero attached hydrogens (tertiary/aromatic N) is 2. The first kappa shape index (κ1) is 26.5. The van der Waals surface area contributed by atoms with Crippen molar-refractivity contribution in [3.63, 3.8) is 0 Å². The maximum atomic E-state index is 13.6. The molecule has 1 N–H and O–H groups in total. The van der Waals surface area contributed by atoms with Gasteiger partial charge in [-0.05, 0) is 74.0 Å². The number of fused-ring (bicyclic) bond motifs is 1. The summed E-state index contributed by atoms with van der Waals surface area (Å²) in [5, 5.41) is 4.62. The van der Waals surface area contributed by atoms with Gasteiger partial charge in [0.25, 0.3) is 11.1 Å². The molecule has 1 aromatic heterocycles. The number of thiazole rings is 1. The Bertz CT molecular complexity index is 1430. The van der Waals surface area contributed by atoms with Crippen LogP contribution in [-0.2, 0) is 26.7 Å². The molecule has 4 bridgehead atoms. The third-order valence-corrected chi connectivity index (χ3v) is 12.4. The summed E-state index contributed by atoms with van der Waals surface area (Å²) in [4.78, 5) is 57.5. The molecule has 3 heterocycles. The lowest BCUT2D eigenvalue weighted by molar-refractivity contribution is -0.169. The van der Waals surface area contributed by atoms with E-state index >= 15 is 0 Å². The van der Waals surface area contributed by atoms with Crippen LogP contribution in [0, 0.1) is 23.2 Å². The molecule has 4 atom stereocenters. The molecule has 40 heavy (non-hydrogen) atoms. The lowest BCUT2D eigenvalue weighted by atomic mass is 9.45. The minimum atomic E-state index is -0.642. The summed E-state index contributed by atoms with van der Waals surface area (Å²) >= 11 is 9.95. The Morgan fingerprint density at radius 1 is 1.23 bits per heavy atom. The third kappa shape index (κ3) is 4.20. The lowest BCUT2D eigenvalue weighted by Crippen LogP contribution is -2.62. The van der Waals surface area contributed by atoms with Crippen molar-refractivity contribution in [2.45, 2.75) is 80.0 Å².